The average molecular weight is 375 g/mol. The highest BCUT2D eigenvalue weighted by Crippen LogP contribution is 2.29. The molecule has 0 radical (unpaired) electrons. The van der Waals surface area contributed by atoms with Gasteiger partial charge in [0, 0.05) is 5.39 Å². The highest BCUT2D eigenvalue weighted by molar-refractivity contribution is 6.09. The highest BCUT2D eigenvalue weighted by atomic mass is 16.6. The second-order valence-corrected chi connectivity index (χ2v) is 6.86. The monoisotopic (exact) mass is 375 g/mol. The number of carbonyl (C=O) groups excluding carboxylic acids is 3. The van der Waals surface area contributed by atoms with Gasteiger partial charge in [-0.25, -0.2) is 14.2 Å². The summed E-state index contributed by atoms with van der Waals surface area (Å²) in [5.74, 6) is -1.15. The topological polar surface area (TPSA) is 83.8 Å². The van der Waals surface area contributed by atoms with E-state index in [0.29, 0.717) is 10.9 Å². The van der Waals surface area contributed by atoms with Gasteiger partial charge in [-0.1, -0.05) is 18.2 Å². The predicted molar refractivity (Wildman–Crippen MR) is 99.9 cm³/mol. The second-order valence-electron chi connectivity index (χ2n) is 6.86. The van der Waals surface area contributed by atoms with Crippen LogP contribution in [0.5, 0.6) is 0 Å². The number of carbonyl (C=O) groups is 3. The smallest absolute Gasteiger partial charge is 0.419 e. The molecule has 0 N–H and O–H groups in total. The third-order valence-corrected chi connectivity index (χ3v) is 3.65. The van der Waals surface area contributed by atoms with Gasteiger partial charge in [0.05, 0.1) is 36.4 Å². The minimum Gasteiger partial charge on any atom is -0.466 e. The molecule has 0 saturated heterocycles. The van der Waals surface area contributed by atoms with Crippen molar-refractivity contribution in [1.82, 2.24) is 4.57 Å². The molecule has 27 heavy (non-hydrogen) atoms. The first-order valence-corrected chi connectivity index (χ1v) is 8.88. The van der Waals surface area contributed by atoms with Crippen LogP contribution < -0.4 is 0 Å². The molecule has 0 atom stereocenters. The zero-order valence-electron chi connectivity index (χ0n) is 16.3. The molecule has 0 aliphatic carbocycles. The summed E-state index contributed by atoms with van der Waals surface area (Å²) in [6.07, 6.45) is -0.927. The fraction of sp³-hybridized carbons (Fsp3) is 0.450. The number of benzene rings is 1. The second kappa shape index (κ2) is 8.24. The summed E-state index contributed by atoms with van der Waals surface area (Å²) < 4.78 is 16.9. The van der Waals surface area contributed by atoms with Crippen LogP contribution in [0, 0.1) is 0 Å². The van der Waals surface area contributed by atoms with Gasteiger partial charge in [-0.3, -0.25) is 4.79 Å². The van der Waals surface area contributed by atoms with Gasteiger partial charge in [0.1, 0.15) is 5.60 Å². The number of hydrogen-bond acceptors (Lipinski definition) is 6. The summed E-state index contributed by atoms with van der Waals surface area (Å²) in [5.41, 5.74) is 0.0936. The van der Waals surface area contributed by atoms with E-state index in [4.69, 9.17) is 14.2 Å². The van der Waals surface area contributed by atoms with E-state index in [2.05, 4.69) is 0 Å². The lowest BCUT2D eigenvalue weighted by molar-refractivity contribution is -0.142. The number of esters is 2. The number of fused-ring (bicyclic) bond motifs is 1. The van der Waals surface area contributed by atoms with Gasteiger partial charge in [-0.15, -0.1) is 0 Å². The van der Waals surface area contributed by atoms with Crippen LogP contribution in [0.1, 0.15) is 50.7 Å². The van der Waals surface area contributed by atoms with Crippen molar-refractivity contribution in [2.24, 2.45) is 0 Å². The molecule has 0 spiro atoms. The van der Waals surface area contributed by atoms with E-state index in [-0.39, 0.29) is 30.9 Å². The fourth-order valence-corrected chi connectivity index (χ4v) is 2.76. The first-order valence-electron chi connectivity index (χ1n) is 8.88. The van der Waals surface area contributed by atoms with Crippen molar-refractivity contribution in [2.75, 3.05) is 13.2 Å². The minimum atomic E-state index is -0.742. The van der Waals surface area contributed by atoms with Crippen molar-refractivity contribution in [3.8, 4) is 0 Å². The van der Waals surface area contributed by atoms with E-state index in [9.17, 15) is 14.4 Å². The molecule has 0 bridgehead atoms. The van der Waals surface area contributed by atoms with Crippen molar-refractivity contribution in [3.05, 3.63) is 35.5 Å². The van der Waals surface area contributed by atoms with Gasteiger partial charge >= 0.3 is 18.0 Å². The lowest BCUT2D eigenvalue weighted by Crippen LogP contribution is -2.29. The summed E-state index contributed by atoms with van der Waals surface area (Å²) in [5, 5.41) is 0.515. The third kappa shape index (κ3) is 4.67. The van der Waals surface area contributed by atoms with Gasteiger partial charge in [0.25, 0.3) is 0 Å². The summed E-state index contributed by atoms with van der Waals surface area (Å²) in [6.45, 7) is 8.98. The Kier molecular flexibility index (Phi) is 6.25. The Bertz CT molecular complexity index is 859. The van der Waals surface area contributed by atoms with Gasteiger partial charge < -0.3 is 14.2 Å². The lowest BCUT2D eigenvalue weighted by Gasteiger charge is -2.21. The average Bonchev–Trinajstić information content (AvgIpc) is 2.87. The molecule has 0 fully saturated rings. The Morgan fingerprint density at radius 1 is 1.00 bits per heavy atom. The molecule has 146 valence electrons. The maximum Gasteiger partial charge on any atom is 0.419 e. The van der Waals surface area contributed by atoms with Crippen LogP contribution in [0.25, 0.3) is 10.9 Å². The standard InChI is InChI=1S/C20H25NO6/c1-6-25-16(22)12-15-17(18(23)26-7-2)13-10-8-9-11-14(13)21(15)19(24)27-20(3,4)5/h8-11H,6-7,12H2,1-5H3. The lowest BCUT2D eigenvalue weighted by atomic mass is 10.1. The van der Waals surface area contributed by atoms with Crippen LogP contribution in [0.4, 0.5) is 4.79 Å². The number of rotatable bonds is 5. The Labute approximate surface area is 158 Å². The first kappa shape index (κ1) is 20.5. The molecular formula is C20H25NO6. The van der Waals surface area contributed by atoms with E-state index in [1.54, 1.807) is 58.9 Å². The molecule has 1 heterocycles. The first-order chi connectivity index (χ1) is 12.7. The maximum absolute atomic E-state index is 12.9. The molecule has 2 aromatic rings. The molecule has 0 aliphatic heterocycles. The van der Waals surface area contributed by atoms with Crippen molar-refractivity contribution in [3.63, 3.8) is 0 Å². The van der Waals surface area contributed by atoms with Crippen LogP contribution >= 0.6 is 0 Å². The largest absolute Gasteiger partial charge is 0.466 e. The van der Waals surface area contributed by atoms with Crippen LogP contribution in [-0.4, -0.2) is 41.4 Å². The highest BCUT2D eigenvalue weighted by Gasteiger charge is 2.30. The normalized spacial score (nSPS) is 11.3. The van der Waals surface area contributed by atoms with Crippen LogP contribution in [0.2, 0.25) is 0 Å². The maximum atomic E-state index is 12.9. The van der Waals surface area contributed by atoms with Crippen LogP contribution in [0.3, 0.4) is 0 Å². The molecule has 2 rings (SSSR count). The van der Waals surface area contributed by atoms with Gasteiger partial charge in [0.15, 0.2) is 0 Å². The van der Waals surface area contributed by atoms with E-state index in [1.165, 1.54) is 4.57 Å². The molecular weight excluding hydrogens is 350 g/mol. The molecule has 0 saturated carbocycles. The Hall–Kier alpha value is -2.83. The Morgan fingerprint density at radius 2 is 1.63 bits per heavy atom. The number of nitrogens with zero attached hydrogens (tertiary/aromatic N) is 1. The van der Waals surface area contributed by atoms with Crippen molar-refractivity contribution >= 4 is 28.9 Å². The number of hydrogen-bond donors (Lipinski definition) is 0. The van der Waals surface area contributed by atoms with E-state index >= 15 is 0 Å². The predicted octanol–water partition coefficient (Wildman–Crippen LogP) is 3.71. The van der Waals surface area contributed by atoms with Crippen molar-refractivity contribution in [2.45, 2.75) is 46.6 Å². The van der Waals surface area contributed by atoms with Crippen LogP contribution in [0.15, 0.2) is 24.3 Å². The van der Waals surface area contributed by atoms with E-state index < -0.39 is 23.6 Å². The Morgan fingerprint density at radius 3 is 2.22 bits per heavy atom. The molecule has 7 nitrogen and oxygen atoms in total. The van der Waals surface area contributed by atoms with Crippen LogP contribution in [-0.2, 0) is 25.4 Å². The van der Waals surface area contributed by atoms with Crippen molar-refractivity contribution < 1.29 is 28.6 Å². The quantitative estimate of drug-likeness (QED) is 0.585. The molecule has 0 unspecified atom stereocenters. The van der Waals surface area contributed by atoms with Gasteiger partial charge in [-0.2, -0.15) is 0 Å². The third-order valence-electron chi connectivity index (χ3n) is 3.65. The fourth-order valence-electron chi connectivity index (χ4n) is 2.76. The molecule has 0 aliphatic rings. The Balaban J connectivity index is 2.71. The summed E-state index contributed by atoms with van der Waals surface area (Å²) in [6, 6.07) is 6.89. The van der Waals surface area contributed by atoms with E-state index in [1.807, 2.05) is 0 Å². The summed E-state index contributed by atoms with van der Waals surface area (Å²) >= 11 is 0. The van der Waals surface area contributed by atoms with Gasteiger partial charge in [0.2, 0.25) is 0 Å². The SMILES string of the molecule is CCOC(=O)Cc1c(C(=O)OCC)c2ccccc2n1C(=O)OC(C)(C)C. The molecule has 1 aromatic carbocycles. The molecule has 1 aromatic heterocycles. The minimum absolute atomic E-state index is 0.170. The summed E-state index contributed by atoms with van der Waals surface area (Å²) in [4.78, 5) is 37.6. The number of para-hydroxylation sites is 1. The van der Waals surface area contributed by atoms with Gasteiger partial charge in [-0.05, 0) is 40.7 Å². The number of ether oxygens (including phenoxy) is 3. The number of aromatic nitrogens is 1. The molecule has 0 amide bonds. The zero-order valence-corrected chi connectivity index (χ0v) is 16.3. The summed E-state index contributed by atoms with van der Waals surface area (Å²) in [7, 11) is 0. The zero-order chi connectivity index (χ0) is 20.2. The molecule has 7 heteroatoms. The van der Waals surface area contributed by atoms with Crippen molar-refractivity contribution in [1.29, 1.82) is 0 Å². The van der Waals surface area contributed by atoms with E-state index in [0.717, 1.165) is 0 Å².